The molecule has 0 aliphatic heterocycles. The summed E-state index contributed by atoms with van der Waals surface area (Å²) in [5, 5.41) is 5.22. The summed E-state index contributed by atoms with van der Waals surface area (Å²) in [7, 11) is 0. The van der Waals surface area contributed by atoms with E-state index in [1.165, 1.54) is 129 Å². The molecular weight excluding hydrogens is 1110 g/mol. The van der Waals surface area contributed by atoms with E-state index in [9.17, 15) is 0 Å². The SMILES string of the molecule is CC1(C)c2cc(/C=C/c3ccc4c(c3)C(C)(C)c3cc(N(c5ccccc5)c5ccc6sc7ccccc7c6c5)ccc3-4)ccc2-c2ccc(/C=C/c3ccc4c(c3)C(C)(C)c3cc(N(c5ccccc5)c5ccc6sc7ccccc7c6c5)ccc3-4)cc21. The van der Waals surface area contributed by atoms with Crippen LogP contribution in [-0.4, -0.2) is 0 Å². The molecular formula is C85H64N2S2. The van der Waals surface area contributed by atoms with Crippen molar-refractivity contribution in [2.75, 3.05) is 9.80 Å². The van der Waals surface area contributed by atoms with Gasteiger partial charge in [-0.1, -0.05) is 224 Å². The van der Waals surface area contributed by atoms with Gasteiger partial charge < -0.3 is 9.80 Å². The predicted octanol–water partition coefficient (Wildman–Crippen LogP) is 24.6. The van der Waals surface area contributed by atoms with Crippen molar-refractivity contribution in [1.82, 2.24) is 0 Å². The molecule has 0 saturated heterocycles. The molecule has 0 fully saturated rings. The lowest BCUT2D eigenvalue weighted by Crippen LogP contribution is -2.16. The smallest absolute Gasteiger partial charge is 0.0468 e. The van der Waals surface area contributed by atoms with E-state index in [-0.39, 0.29) is 16.2 Å². The Labute approximate surface area is 529 Å². The number of anilines is 6. The van der Waals surface area contributed by atoms with Gasteiger partial charge in [-0.05, 0) is 186 Å². The van der Waals surface area contributed by atoms with Gasteiger partial charge in [-0.15, -0.1) is 22.7 Å². The first kappa shape index (κ1) is 53.4. The van der Waals surface area contributed by atoms with Crippen molar-refractivity contribution in [2.24, 2.45) is 0 Å². The minimum atomic E-state index is -0.196. The summed E-state index contributed by atoms with van der Waals surface area (Å²) in [6, 6.07) is 95.5. The standard InChI is InChI=1S/C85H64N2S2/c1-83(2)73-45-53(25-27-55-31-39-65-67-41-33-61(51-77(67)84(3,4)75(65)47-55)86(57-17-9-7-10-18-57)59-35-43-81-71(49-59)69-21-13-15-23-79(69)88-81)29-37-63(73)64-38-30-54(46-74(64)83)26-28-56-32-40-66-68-42-34-62(52-78(68)85(5,6)76(66)48-56)87(58-19-11-8-12-20-58)60-36-44-82-72(50-60)70-22-14-16-24-80(70)89-82/h7-52H,1-6H3/b27-25+,28-26+. The van der Waals surface area contributed by atoms with E-state index in [2.05, 4.69) is 330 Å². The first-order valence-electron chi connectivity index (χ1n) is 31.1. The highest BCUT2D eigenvalue weighted by Crippen LogP contribution is 2.55. The summed E-state index contributed by atoms with van der Waals surface area (Å²) < 4.78 is 5.26. The second-order valence-corrected chi connectivity index (χ2v) is 28.3. The van der Waals surface area contributed by atoms with Gasteiger partial charge in [0.1, 0.15) is 0 Å². The maximum Gasteiger partial charge on any atom is 0.0468 e. The first-order chi connectivity index (χ1) is 43.3. The summed E-state index contributed by atoms with van der Waals surface area (Å²) >= 11 is 3.73. The van der Waals surface area contributed by atoms with Crippen LogP contribution < -0.4 is 9.80 Å². The molecule has 12 aromatic carbocycles. The predicted molar refractivity (Wildman–Crippen MR) is 385 cm³/mol. The van der Waals surface area contributed by atoms with Crippen molar-refractivity contribution in [3.05, 3.63) is 310 Å². The van der Waals surface area contributed by atoms with Crippen molar-refractivity contribution >= 4 is 121 Å². The number of para-hydroxylation sites is 2. The van der Waals surface area contributed by atoms with Crippen LogP contribution in [0.5, 0.6) is 0 Å². The topological polar surface area (TPSA) is 6.48 Å². The third kappa shape index (κ3) is 8.56. The quantitative estimate of drug-likeness (QED) is 0.126. The normalized spacial score (nSPS) is 14.6. The number of benzene rings is 12. The average Bonchev–Trinajstić information content (AvgIpc) is 1.96. The maximum absolute atomic E-state index is 2.44. The molecule has 14 aromatic rings. The third-order valence-electron chi connectivity index (χ3n) is 19.8. The van der Waals surface area contributed by atoms with Gasteiger partial charge in [-0.3, -0.25) is 0 Å². The van der Waals surface area contributed by atoms with Crippen LogP contribution >= 0.6 is 22.7 Å². The zero-order valence-corrected chi connectivity index (χ0v) is 52.4. The van der Waals surface area contributed by atoms with Crippen LogP contribution in [0.25, 0.3) is 98.0 Å². The number of thiophene rings is 2. The van der Waals surface area contributed by atoms with Crippen LogP contribution in [0.15, 0.2) is 255 Å². The Balaban J connectivity index is 0.614. The van der Waals surface area contributed by atoms with Gasteiger partial charge in [0.15, 0.2) is 0 Å². The zero-order valence-electron chi connectivity index (χ0n) is 50.8. The van der Waals surface area contributed by atoms with E-state index in [1.54, 1.807) is 0 Å². The molecule has 0 atom stereocenters. The Morgan fingerprint density at radius 2 is 0.506 bits per heavy atom. The molecule has 3 aliphatic rings. The van der Waals surface area contributed by atoms with Gasteiger partial charge in [0, 0.05) is 90.7 Å². The summed E-state index contributed by atoms with van der Waals surface area (Å²) in [5.41, 5.74) is 27.3. The molecule has 0 saturated carbocycles. The molecule has 2 aromatic heterocycles. The molecule has 3 aliphatic carbocycles. The van der Waals surface area contributed by atoms with Gasteiger partial charge in [0.05, 0.1) is 0 Å². The van der Waals surface area contributed by atoms with Gasteiger partial charge in [0.25, 0.3) is 0 Å². The van der Waals surface area contributed by atoms with Gasteiger partial charge >= 0.3 is 0 Å². The van der Waals surface area contributed by atoms with E-state index < -0.39 is 0 Å². The Bertz CT molecular complexity index is 4970. The number of hydrogen-bond donors (Lipinski definition) is 0. The monoisotopic (exact) mass is 1180 g/mol. The lowest BCUT2D eigenvalue weighted by molar-refractivity contribution is 0.660. The van der Waals surface area contributed by atoms with E-state index >= 15 is 0 Å². The molecule has 426 valence electrons. The number of rotatable bonds is 10. The fourth-order valence-corrected chi connectivity index (χ4v) is 17.3. The minimum absolute atomic E-state index is 0.162. The lowest BCUT2D eigenvalue weighted by Gasteiger charge is -2.28. The van der Waals surface area contributed by atoms with E-state index in [1.807, 2.05) is 22.7 Å². The van der Waals surface area contributed by atoms with Crippen LogP contribution in [0, 0.1) is 0 Å². The minimum Gasteiger partial charge on any atom is -0.310 e. The fourth-order valence-electron chi connectivity index (χ4n) is 15.1. The van der Waals surface area contributed by atoms with Crippen LogP contribution in [0.4, 0.5) is 34.1 Å². The van der Waals surface area contributed by atoms with Crippen LogP contribution in [0.1, 0.15) is 97.2 Å². The molecule has 89 heavy (non-hydrogen) atoms. The highest BCUT2D eigenvalue weighted by molar-refractivity contribution is 7.26. The number of fused-ring (bicyclic) bond motifs is 15. The Kier molecular flexibility index (Phi) is 12.1. The Hall–Kier alpha value is -9.84. The summed E-state index contributed by atoms with van der Waals surface area (Å²) in [4.78, 5) is 4.84. The molecule has 2 heterocycles. The molecule has 0 radical (unpaired) electrons. The molecule has 4 heteroatoms. The lowest BCUT2D eigenvalue weighted by atomic mass is 9.81. The molecule has 17 rings (SSSR count). The molecule has 0 N–H and O–H groups in total. The van der Waals surface area contributed by atoms with E-state index in [4.69, 9.17) is 0 Å². The first-order valence-corrected chi connectivity index (χ1v) is 32.7. The molecule has 0 spiro atoms. The largest absolute Gasteiger partial charge is 0.310 e. The van der Waals surface area contributed by atoms with Crippen molar-refractivity contribution in [3.63, 3.8) is 0 Å². The fraction of sp³-hybridized carbons (Fsp3) is 0.106. The van der Waals surface area contributed by atoms with E-state index in [0.717, 1.165) is 34.1 Å². The van der Waals surface area contributed by atoms with Crippen molar-refractivity contribution in [3.8, 4) is 33.4 Å². The Morgan fingerprint density at radius 3 is 0.854 bits per heavy atom. The third-order valence-corrected chi connectivity index (χ3v) is 22.1. The second-order valence-electron chi connectivity index (χ2n) is 26.1. The van der Waals surface area contributed by atoms with Crippen molar-refractivity contribution < 1.29 is 0 Å². The zero-order chi connectivity index (χ0) is 59.9. The van der Waals surface area contributed by atoms with Crippen LogP contribution in [0.3, 0.4) is 0 Å². The average molecular weight is 1180 g/mol. The van der Waals surface area contributed by atoms with Gasteiger partial charge in [-0.25, -0.2) is 0 Å². The maximum atomic E-state index is 2.44. The van der Waals surface area contributed by atoms with Crippen LogP contribution in [-0.2, 0) is 16.2 Å². The Morgan fingerprint density at radius 1 is 0.236 bits per heavy atom. The molecule has 0 amide bonds. The second kappa shape index (κ2) is 20.1. The number of nitrogens with zero attached hydrogens (tertiary/aromatic N) is 2. The number of hydrogen-bond acceptors (Lipinski definition) is 4. The van der Waals surface area contributed by atoms with Crippen LogP contribution in [0.2, 0.25) is 0 Å². The molecule has 2 nitrogen and oxygen atoms in total. The van der Waals surface area contributed by atoms with E-state index in [0.29, 0.717) is 0 Å². The van der Waals surface area contributed by atoms with Crippen molar-refractivity contribution in [2.45, 2.75) is 57.8 Å². The molecule has 0 bridgehead atoms. The molecule has 0 unspecified atom stereocenters. The van der Waals surface area contributed by atoms with Gasteiger partial charge in [0.2, 0.25) is 0 Å². The summed E-state index contributed by atoms with van der Waals surface area (Å²) in [5.74, 6) is 0. The van der Waals surface area contributed by atoms with Gasteiger partial charge in [-0.2, -0.15) is 0 Å². The highest BCUT2D eigenvalue weighted by Gasteiger charge is 2.39. The highest BCUT2D eigenvalue weighted by atomic mass is 32.1. The van der Waals surface area contributed by atoms with Crippen molar-refractivity contribution in [1.29, 1.82) is 0 Å². The summed E-state index contributed by atoms with van der Waals surface area (Å²) in [6.45, 7) is 14.4. The summed E-state index contributed by atoms with van der Waals surface area (Å²) in [6.07, 6.45) is 9.21.